The molecule has 1 aliphatic carbocycles. The van der Waals surface area contributed by atoms with Crippen LogP contribution in [0.5, 0.6) is 0 Å². The summed E-state index contributed by atoms with van der Waals surface area (Å²) in [5, 5.41) is 4.68. The van der Waals surface area contributed by atoms with E-state index in [4.69, 9.17) is 21.1 Å². The molecule has 1 heterocycles. The number of rotatable bonds is 6. The Morgan fingerprint density at radius 3 is 2.82 bits per heavy atom. The van der Waals surface area contributed by atoms with E-state index in [2.05, 4.69) is 15.3 Å². The Hall–Kier alpha value is -3.45. The van der Waals surface area contributed by atoms with Gasteiger partial charge >= 0.3 is 5.97 Å². The molecular formula is C25H23ClFN3O3. The minimum absolute atomic E-state index is 0.166. The maximum atomic E-state index is 13.4. The summed E-state index contributed by atoms with van der Waals surface area (Å²) in [4.78, 5) is 20.7. The van der Waals surface area contributed by atoms with Gasteiger partial charge in [-0.25, -0.2) is 19.2 Å². The topological polar surface area (TPSA) is 73.3 Å². The highest BCUT2D eigenvalue weighted by molar-refractivity contribution is 6.30. The lowest BCUT2D eigenvalue weighted by molar-refractivity contribution is 0.0601. The highest BCUT2D eigenvalue weighted by Crippen LogP contribution is 2.39. The molecule has 0 aliphatic heterocycles. The number of benzene rings is 2. The molecular weight excluding hydrogens is 445 g/mol. The second-order valence-corrected chi connectivity index (χ2v) is 8.45. The van der Waals surface area contributed by atoms with Crippen molar-refractivity contribution >= 4 is 34.3 Å². The number of anilines is 1. The zero-order valence-electron chi connectivity index (χ0n) is 18.4. The summed E-state index contributed by atoms with van der Waals surface area (Å²) in [5.41, 5.74) is 1.22. The predicted octanol–water partition coefficient (Wildman–Crippen LogP) is 5.60. The smallest absolute Gasteiger partial charge is 0.337 e. The first-order valence-corrected chi connectivity index (χ1v) is 10.8. The van der Waals surface area contributed by atoms with Gasteiger partial charge in [0, 0.05) is 11.3 Å². The molecule has 2 atom stereocenters. The second kappa shape index (κ2) is 9.19. The molecule has 2 unspecified atom stereocenters. The maximum Gasteiger partial charge on any atom is 0.337 e. The first kappa shape index (κ1) is 22.7. The number of aromatic nitrogens is 2. The van der Waals surface area contributed by atoms with Crippen LogP contribution in [0.15, 0.2) is 71.7 Å². The number of hydrogen-bond acceptors (Lipinski definition) is 6. The van der Waals surface area contributed by atoms with Crippen molar-refractivity contribution in [3.8, 4) is 0 Å². The SMILES string of the molecule is COC(=O)c1ccc2ncnc(NC3(C)C=CC(OCc4cccc(F)c4)=C(Cl)C3C)c2c1. The molecule has 0 fully saturated rings. The zero-order valence-corrected chi connectivity index (χ0v) is 19.2. The van der Waals surface area contributed by atoms with E-state index < -0.39 is 11.5 Å². The molecule has 1 aliphatic rings. The molecule has 6 nitrogen and oxygen atoms in total. The van der Waals surface area contributed by atoms with Gasteiger partial charge in [0.1, 0.15) is 30.3 Å². The molecule has 3 aromatic rings. The Morgan fingerprint density at radius 2 is 2.06 bits per heavy atom. The number of fused-ring (bicyclic) bond motifs is 1. The lowest BCUT2D eigenvalue weighted by Crippen LogP contribution is -2.42. The summed E-state index contributed by atoms with van der Waals surface area (Å²) in [5.74, 6) is 0.190. The van der Waals surface area contributed by atoms with E-state index in [1.54, 1.807) is 36.4 Å². The van der Waals surface area contributed by atoms with Gasteiger partial charge < -0.3 is 14.8 Å². The van der Waals surface area contributed by atoms with Crippen LogP contribution < -0.4 is 5.32 Å². The Balaban J connectivity index is 1.57. The van der Waals surface area contributed by atoms with Crippen LogP contribution in [0.4, 0.5) is 10.2 Å². The van der Waals surface area contributed by atoms with Gasteiger partial charge in [-0.1, -0.05) is 36.7 Å². The summed E-state index contributed by atoms with van der Waals surface area (Å²) in [6.45, 7) is 4.18. The van der Waals surface area contributed by atoms with Gasteiger partial charge in [0.25, 0.3) is 0 Å². The summed E-state index contributed by atoms with van der Waals surface area (Å²) < 4.78 is 24.1. The van der Waals surface area contributed by atoms with Crippen LogP contribution >= 0.6 is 11.6 Å². The lowest BCUT2D eigenvalue weighted by Gasteiger charge is -2.37. The minimum Gasteiger partial charge on any atom is -0.488 e. The summed E-state index contributed by atoms with van der Waals surface area (Å²) in [6, 6.07) is 11.4. The van der Waals surface area contributed by atoms with E-state index >= 15 is 0 Å². The molecule has 0 saturated carbocycles. The molecule has 8 heteroatoms. The Labute approximate surface area is 196 Å². The number of carbonyl (C=O) groups is 1. The molecule has 1 aromatic heterocycles. The molecule has 0 saturated heterocycles. The van der Waals surface area contributed by atoms with Crippen molar-refractivity contribution in [2.24, 2.45) is 5.92 Å². The van der Waals surface area contributed by atoms with Crippen LogP contribution in [0.1, 0.15) is 29.8 Å². The van der Waals surface area contributed by atoms with Gasteiger partial charge in [0.2, 0.25) is 0 Å². The van der Waals surface area contributed by atoms with Gasteiger partial charge in [-0.05, 0) is 48.9 Å². The number of methoxy groups -OCH3 is 1. The van der Waals surface area contributed by atoms with Crippen molar-refractivity contribution in [3.63, 3.8) is 0 Å². The maximum absolute atomic E-state index is 13.4. The number of nitrogens with zero attached hydrogens (tertiary/aromatic N) is 2. The standard InChI is InChI=1S/C25H23ClFN3O3/c1-15-22(26)21(33-13-16-5-4-6-18(27)11-16)9-10-25(15,2)30-23-19-12-17(24(31)32-3)7-8-20(19)28-14-29-23/h4-12,14-15H,13H2,1-3H3,(H,28,29,30). The molecule has 4 rings (SSSR count). The van der Waals surface area contributed by atoms with Crippen molar-refractivity contribution in [3.05, 3.63) is 88.7 Å². The second-order valence-electron chi connectivity index (χ2n) is 8.04. The third kappa shape index (κ3) is 4.68. The number of ether oxygens (including phenoxy) is 2. The number of allylic oxidation sites excluding steroid dienone is 1. The van der Waals surface area contributed by atoms with Crippen LogP contribution in [-0.2, 0) is 16.1 Å². The third-order valence-electron chi connectivity index (χ3n) is 5.82. The Morgan fingerprint density at radius 1 is 1.24 bits per heavy atom. The summed E-state index contributed by atoms with van der Waals surface area (Å²) in [7, 11) is 1.34. The van der Waals surface area contributed by atoms with Crippen molar-refractivity contribution < 1.29 is 18.7 Å². The average molecular weight is 468 g/mol. The molecule has 0 bridgehead atoms. The van der Waals surface area contributed by atoms with Gasteiger partial charge in [0.05, 0.1) is 28.8 Å². The van der Waals surface area contributed by atoms with E-state index in [1.807, 2.05) is 19.9 Å². The molecule has 33 heavy (non-hydrogen) atoms. The Bertz CT molecular complexity index is 1280. The fraction of sp³-hybridized carbons (Fsp3) is 0.240. The molecule has 0 spiro atoms. The van der Waals surface area contributed by atoms with E-state index in [9.17, 15) is 9.18 Å². The molecule has 0 amide bonds. The van der Waals surface area contributed by atoms with Gasteiger partial charge in [0.15, 0.2) is 0 Å². The number of hydrogen-bond donors (Lipinski definition) is 1. The lowest BCUT2D eigenvalue weighted by atomic mass is 9.82. The number of halogens is 2. The molecule has 170 valence electrons. The fourth-order valence-electron chi connectivity index (χ4n) is 3.66. The third-order valence-corrected chi connectivity index (χ3v) is 6.34. The summed E-state index contributed by atoms with van der Waals surface area (Å²) >= 11 is 6.68. The van der Waals surface area contributed by atoms with Crippen LogP contribution in [-0.4, -0.2) is 28.6 Å². The fourth-order valence-corrected chi connectivity index (χ4v) is 4.00. The minimum atomic E-state index is -0.592. The number of esters is 1. The van der Waals surface area contributed by atoms with Crippen LogP contribution in [0.3, 0.4) is 0 Å². The van der Waals surface area contributed by atoms with Crippen molar-refractivity contribution in [2.45, 2.75) is 26.0 Å². The largest absolute Gasteiger partial charge is 0.488 e. The van der Waals surface area contributed by atoms with E-state index in [0.717, 1.165) is 0 Å². The quantitative estimate of drug-likeness (QED) is 0.476. The normalized spacial score (nSPS) is 20.1. The van der Waals surface area contributed by atoms with Crippen LogP contribution in [0.2, 0.25) is 0 Å². The highest BCUT2D eigenvalue weighted by Gasteiger charge is 2.36. The van der Waals surface area contributed by atoms with Crippen molar-refractivity contribution in [2.75, 3.05) is 12.4 Å². The summed E-state index contributed by atoms with van der Waals surface area (Å²) in [6.07, 6.45) is 5.23. The van der Waals surface area contributed by atoms with Crippen molar-refractivity contribution in [1.82, 2.24) is 9.97 Å². The molecule has 0 radical (unpaired) electrons. The first-order chi connectivity index (χ1) is 15.8. The average Bonchev–Trinajstić information content (AvgIpc) is 2.82. The van der Waals surface area contributed by atoms with Gasteiger partial charge in [-0.2, -0.15) is 0 Å². The predicted molar refractivity (Wildman–Crippen MR) is 125 cm³/mol. The molecule has 2 aromatic carbocycles. The van der Waals surface area contributed by atoms with E-state index in [0.29, 0.717) is 38.6 Å². The van der Waals surface area contributed by atoms with Crippen LogP contribution in [0, 0.1) is 11.7 Å². The number of nitrogens with one attached hydrogen (secondary N) is 1. The monoisotopic (exact) mass is 467 g/mol. The van der Waals surface area contributed by atoms with Crippen molar-refractivity contribution in [1.29, 1.82) is 0 Å². The number of carbonyl (C=O) groups excluding carboxylic acids is 1. The zero-order chi connectivity index (χ0) is 23.6. The first-order valence-electron chi connectivity index (χ1n) is 10.4. The Kier molecular flexibility index (Phi) is 6.33. The van der Waals surface area contributed by atoms with Crippen LogP contribution in [0.25, 0.3) is 10.9 Å². The van der Waals surface area contributed by atoms with E-state index in [1.165, 1.54) is 25.6 Å². The van der Waals surface area contributed by atoms with E-state index in [-0.39, 0.29) is 18.3 Å². The molecule has 1 N–H and O–H groups in total. The highest BCUT2D eigenvalue weighted by atomic mass is 35.5. The van der Waals surface area contributed by atoms with Gasteiger partial charge in [-0.15, -0.1) is 0 Å². The van der Waals surface area contributed by atoms with Gasteiger partial charge in [-0.3, -0.25) is 0 Å².